The molecule has 0 saturated carbocycles. The molecule has 1 saturated heterocycles. The van der Waals surface area contributed by atoms with Crippen LogP contribution in [-0.2, 0) is 11.3 Å². The smallest absolute Gasteiger partial charge is 0.227 e. The zero-order chi connectivity index (χ0) is 10.7. The van der Waals surface area contributed by atoms with E-state index in [0.717, 1.165) is 24.4 Å². The number of nitrogens with one attached hydrogen (secondary N) is 2. The zero-order valence-corrected chi connectivity index (χ0v) is 9.56. The van der Waals surface area contributed by atoms with Gasteiger partial charge in [-0.15, -0.1) is 11.3 Å². The number of hydrogen-bond donors (Lipinski definition) is 2. The number of hydrogen-bond acceptors (Lipinski definition) is 4. The van der Waals surface area contributed by atoms with Gasteiger partial charge in [-0.2, -0.15) is 0 Å². The Morgan fingerprint density at radius 2 is 2.67 bits per heavy atom. The third kappa shape index (κ3) is 2.35. The predicted molar refractivity (Wildman–Crippen MR) is 59.6 cm³/mol. The SMILES string of the molecule is CC1(C(=O)NCc2cncs2)CCNC1. The molecule has 82 valence electrons. The Bertz CT molecular complexity index is 330. The first-order valence-corrected chi connectivity index (χ1v) is 5.95. The molecule has 2 rings (SSSR count). The average molecular weight is 225 g/mol. The van der Waals surface area contributed by atoms with Crippen LogP contribution in [0.4, 0.5) is 0 Å². The van der Waals surface area contributed by atoms with Gasteiger partial charge in [-0.05, 0) is 19.9 Å². The van der Waals surface area contributed by atoms with E-state index in [2.05, 4.69) is 15.6 Å². The number of nitrogens with zero attached hydrogens (tertiary/aromatic N) is 1. The van der Waals surface area contributed by atoms with Crippen LogP contribution in [0.3, 0.4) is 0 Å². The normalized spacial score (nSPS) is 25.4. The van der Waals surface area contributed by atoms with Crippen molar-refractivity contribution in [2.24, 2.45) is 5.41 Å². The maximum absolute atomic E-state index is 11.9. The fourth-order valence-electron chi connectivity index (χ4n) is 1.72. The van der Waals surface area contributed by atoms with Crippen LogP contribution in [0.5, 0.6) is 0 Å². The van der Waals surface area contributed by atoms with E-state index in [-0.39, 0.29) is 11.3 Å². The minimum absolute atomic E-state index is 0.140. The first-order chi connectivity index (χ1) is 7.21. The Balaban J connectivity index is 1.87. The summed E-state index contributed by atoms with van der Waals surface area (Å²) >= 11 is 1.56. The molecule has 2 heterocycles. The van der Waals surface area contributed by atoms with Crippen LogP contribution in [0, 0.1) is 5.41 Å². The number of carbonyl (C=O) groups is 1. The molecule has 1 aromatic rings. The first kappa shape index (κ1) is 10.6. The summed E-state index contributed by atoms with van der Waals surface area (Å²) in [6.45, 7) is 4.32. The Labute approximate surface area is 93.1 Å². The molecule has 0 bridgehead atoms. The summed E-state index contributed by atoms with van der Waals surface area (Å²) in [5.41, 5.74) is 1.55. The minimum atomic E-state index is -0.231. The molecule has 2 N–H and O–H groups in total. The molecule has 15 heavy (non-hydrogen) atoms. The molecule has 1 aliphatic heterocycles. The molecule has 0 aromatic carbocycles. The lowest BCUT2D eigenvalue weighted by atomic mass is 9.89. The molecule has 1 aromatic heterocycles. The minimum Gasteiger partial charge on any atom is -0.351 e. The van der Waals surface area contributed by atoms with Crippen LogP contribution in [-0.4, -0.2) is 24.0 Å². The van der Waals surface area contributed by atoms with Gasteiger partial charge >= 0.3 is 0 Å². The maximum atomic E-state index is 11.9. The van der Waals surface area contributed by atoms with Gasteiger partial charge in [0.05, 0.1) is 17.5 Å². The summed E-state index contributed by atoms with van der Waals surface area (Å²) < 4.78 is 0. The second-order valence-electron chi connectivity index (χ2n) is 4.14. The zero-order valence-electron chi connectivity index (χ0n) is 8.75. The van der Waals surface area contributed by atoms with E-state index in [1.807, 2.05) is 6.92 Å². The van der Waals surface area contributed by atoms with Crippen LogP contribution in [0.1, 0.15) is 18.2 Å². The first-order valence-electron chi connectivity index (χ1n) is 5.07. The van der Waals surface area contributed by atoms with E-state index in [4.69, 9.17) is 0 Å². The standard InChI is InChI=1S/C10H15N3OS/c1-10(2-3-11-6-10)9(14)13-5-8-4-12-7-15-8/h4,7,11H,2-3,5-6H2,1H3,(H,13,14). The Morgan fingerprint density at radius 1 is 1.80 bits per heavy atom. The number of rotatable bonds is 3. The van der Waals surface area contributed by atoms with Crippen LogP contribution in [0.25, 0.3) is 0 Å². The van der Waals surface area contributed by atoms with Crippen molar-refractivity contribution in [1.29, 1.82) is 0 Å². The highest BCUT2D eigenvalue weighted by Gasteiger charge is 2.35. The lowest BCUT2D eigenvalue weighted by Crippen LogP contribution is -2.39. The molecule has 1 aliphatic rings. The lowest BCUT2D eigenvalue weighted by Gasteiger charge is -2.21. The van der Waals surface area contributed by atoms with Gasteiger partial charge in [-0.1, -0.05) is 0 Å². The number of thiazole rings is 1. The number of carbonyl (C=O) groups excluding carboxylic acids is 1. The van der Waals surface area contributed by atoms with Crippen LogP contribution in [0.2, 0.25) is 0 Å². The maximum Gasteiger partial charge on any atom is 0.227 e. The van der Waals surface area contributed by atoms with Gasteiger partial charge in [0.25, 0.3) is 0 Å². The Hall–Kier alpha value is -0.940. The van der Waals surface area contributed by atoms with Crippen LogP contribution >= 0.6 is 11.3 Å². The van der Waals surface area contributed by atoms with Crippen molar-refractivity contribution in [3.63, 3.8) is 0 Å². The second kappa shape index (κ2) is 4.28. The van der Waals surface area contributed by atoms with Gasteiger partial charge in [-0.25, -0.2) is 0 Å². The van der Waals surface area contributed by atoms with Crippen LogP contribution < -0.4 is 10.6 Å². The van der Waals surface area contributed by atoms with Crippen molar-refractivity contribution in [1.82, 2.24) is 15.6 Å². The van der Waals surface area contributed by atoms with E-state index in [9.17, 15) is 4.79 Å². The Morgan fingerprint density at radius 3 is 3.27 bits per heavy atom. The third-order valence-corrected chi connectivity index (χ3v) is 3.60. The highest BCUT2D eigenvalue weighted by molar-refractivity contribution is 7.09. The molecule has 0 aliphatic carbocycles. The molecule has 5 heteroatoms. The molecule has 1 fully saturated rings. The van der Waals surface area contributed by atoms with Crippen molar-refractivity contribution in [2.75, 3.05) is 13.1 Å². The van der Waals surface area contributed by atoms with Crippen molar-refractivity contribution in [2.45, 2.75) is 19.9 Å². The molecule has 1 unspecified atom stereocenters. The Kier molecular flexibility index (Phi) is 3.02. The topological polar surface area (TPSA) is 54.0 Å². The van der Waals surface area contributed by atoms with Crippen molar-refractivity contribution < 1.29 is 4.79 Å². The highest BCUT2D eigenvalue weighted by Crippen LogP contribution is 2.24. The average Bonchev–Trinajstić information content (AvgIpc) is 2.85. The van der Waals surface area contributed by atoms with E-state index in [1.165, 1.54) is 0 Å². The third-order valence-electron chi connectivity index (χ3n) is 2.82. The molecular formula is C10H15N3OS. The molecule has 1 atom stereocenters. The molecule has 1 amide bonds. The van der Waals surface area contributed by atoms with Gasteiger partial charge in [0.15, 0.2) is 0 Å². The largest absolute Gasteiger partial charge is 0.351 e. The van der Waals surface area contributed by atoms with Crippen LogP contribution in [0.15, 0.2) is 11.7 Å². The summed E-state index contributed by atoms with van der Waals surface area (Å²) in [5.74, 6) is 0.140. The summed E-state index contributed by atoms with van der Waals surface area (Å²) in [5, 5.41) is 6.18. The number of aromatic nitrogens is 1. The van der Waals surface area contributed by atoms with E-state index in [1.54, 1.807) is 23.0 Å². The highest BCUT2D eigenvalue weighted by atomic mass is 32.1. The molecule has 0 radical (unpaired) electrons. The monoisotopic (exact) mass is 225 g/mol. The molecular weight excluding hydrogens is 210 g/mol. The van der Waals surface area contributed by atoms with Crippen molar-refractivity contribution in [3.8, 4) is 0 Å². The molecule has 0 spiro atoms. The van der Waals surface area contributed by atoms with E-state index in [0.29, 0.717) is 6.54 Å². The quantitative estimate of drug-likeness (QED) is 0.798. The fourth-order valence-corrected chi connectivity index (χ4v) is 2.26. The van der Waals surface area contributed by atoms with E-state index >= 15 is 0 Å². The molecule has 4 nitrogen and oxygen atoms in total. The van der Waals surface area contributed by atoms with Crippen molar-refractivity contribution in [3.05, 3.63) is 16.6 Å². The lowest BCUT2D eigenvalue weighted by molar-refractivity contribution is -0.129. The summed E-state index contributed by atoms with van der Waals surface area (Å²) in [6.07, 6.45) is 2.71. The van der Waals surface area contributed by atoms with E-state index < -0.39 is 0 Å². The van der Waals surface area contributed by atoms with Gasteiger partial charge in [0.2, 0.25) is 5.91 Å². The summed E-state index contributed by atoms with van der Waals surface area (Å²) in [4.78, 5) is 17.0. The van der Waals surface area contributed by atoms with Crippen molar-refractivity contribution >= 4 is 17.2 Å². The number of amides is 1. The van der Waals surface area contributed by atoms with Gasteiger partial charge < -0.3 is 10.6 Å². The second-order valence-corrected chi connectivity index (χ2v) is 5.11. The summed E-state index contributed by atoms with van der Waals surface area (Å²) in [7, 11) is 0. The predicted octanol–water partition coefficient (Wildman–Crippen LogP) is 0.759. The fraction of sp³-hybridized carbons (Fsp3) is 0.600. The van der Waals surface area contributed by atoms with Gasteiger partial charge in [-0.3, -0.25) is 9.78 Å². The summed E-state index contributed by atoms with van der Waals surface area (Å²) in [6, 6.07) is 0. The van der Waals surface area contributed by atoms with Gasteiger partial charge in [0.1, 0.15) is 0 Å². The van der Waals surface area contributed by atoms with Gasteiger partial charge in [0, 0.05) is 17.6 Å².